The molecule has 1 aliphatic heterocycles. The smallest absolute Gasteiger partial charge is 0.410 e. The summed E-state index contributed by atoms with van der Waals surface area (Å²) < 4.78 is 32.5. The molecule has 0 radical (unpaired) electrons. The number of nitrogens with one attached hydrogen (secondary N) is 1. The number of amides is 1. The molecular weight excluding hydrogens is 362 g/mol. The number of halogens is 3. The minimum absolute atomic E-state index is 0.339. The molecule has 0 fully saturated rings. The minimum Gasteiger partial charge on any atom is -0.453 e. The molecule has 4 nitrogen and oxygen atoms in total. The molecule has 1 aliphatic rings. The Kier molecular flexibility index (Phi) is 4.07. The van der Waals surface area contributed by atoms with E-state index in [0.29, 0.717) is 29.2 Å². The third-order valence-corrected chi connectivity index (χ3v) is 4.93. The predicted molar refractivity (Wildman–Crippen MR) is 94.3 cm³/mol. The number of ether oxygens (including phenoxy) is 1. The van der Waals surface area contributed by atoms with Crippen molar-refractivity contribution in [3.8, 4) is 0 Å². The van der Waals surface area contributed by atoms with Crippen molar-refractivity contribution in [1.29, 1.82) is 0 Å². The number of fused-ring (bicyclic) bond motifs is 3. The summed E-state index contributed by atoms with van der Waals surface area (Å²) in [6.07, 6.45) is 0.0287. The lowest BCUT2D eigenvalue weighted by molar-refractivity contribution is 0.108. The molecule has 1 unspecified atom stereocenters. The Morgan fingerprint density at radius 1 is 1.23 bits per heavy atom. The van der Waals surface area contributed by atoms with Crippen LogP contribution in [0.5, 0.6) is 0 Å². The van der Waals surface area contributed by atoms with E-state index in [0.717, 1.165) is 22.5 Å². The van der Waals surface area contributed by atoms with Crippen LogP contribution in [0, 0.1) is 11.6 Å². The summed E-state index contributed by atoms with van der Waals surface area (Å²) in [5.74, 6) is -1.40. The van der Waals surface area contributed by atoms with Crippen LogP contribution >= 0.6 is 11.6 Å². The standard InChI is InChI=1S/C19H15ClF2N2O2/c1-26-19(25)24-5-4-14-15-8-11(20)2-3-16(15)23-17(14)18(24)10-6-12(21)9-13(22)7-10/h2-3,6-9,18,23H,4-5H2,1H3. The quantitative estimate of drug-likeness (QED) is 0.662. The molecule has 2 aromatic carbocycles. The Morgan fingerprint density at radius 2 is 1.96 bits per heavy atom. The van der Waals surface area contributed by atoms with Crippen molar-refractivity contribution >= 4 is 28.6 Å². The van der Waals surface area contributed by atoms with Gasteiger partial charge in [0, 0.05) is 34.2 Å². The molecule has 26 heavy (non-hydrogen) atoms. The van der Waals surface area contributed by atoms with Crippen molar-refractivity contribution in [3.63, 3.8) is 0 Å². The maximum atomic E-state index is 13.8. The Morgan fingerprint density at radius 3 is 2.65 bits per heavy atom. The first kappa shape index (κ1) is 16.8. The first-order valence-electron chi connectivity index (χ1n) is 8.08. The van der Waals surface area contributed by atoms with Crippen molar-refractivity contribution in [1.82, 2.24) is 9.88 Å². The Labute approximate surface area is 153 Å². The average molecular weight is 377 g/mol. The maximum Gasteiger partial charge on any atom is 0.410 e. The van der Waals surface area contributed by atoms with E-state index in [1.165, 1.54) is 24.1 Å². The van der Waals surface area contributed by atoms with Crippen LogP contribution in [-0.2, 0) is 11.2 Å². The Hall–Kier alpha value is -2.60. The molecule has 0 aliphatic carbocycles. The topological polar surface area (TPSA) is 45.3 Å². The Bertz CT molecular complexity index is 998. The second kappa shape index (κ2) is 6.29. The van der Waals surface area contributed by atoms with Crippen LogP contribution in [0.2, 0.25) is 5.02 Å². The van der Waals surface area contributed by atoms with Gasteiger partial charge in [0.15, 0.2) is 0 Å². The number of carbonyl (C=O) groups is 1. The number of hydrogen-bond acceptors (Lipinski definition) is 2. The second-order valence-electron chi connectivity index (χ2n) is 6.23. The fourth-order valence-electron chi connectivity index (χ4n) is 3.65. The fraction of sp³-hybridized carbons (Fsp3) is 0.211. The molecule has 4 rings (SSSR count). The molecular formula is C19H15ClF2N2O2. The van der Waals surface area contributed by atoms with Gasteiger partial charge in [-0.05, 0) is 47.9 Å². The second-order valence-corrected chi connectivity index (χ2v) is 6.66. The first-order valence-corrected chi connectivity index (χ1v) is 8.46. The van der Waals surface area contributed by atoms with Crippen molar-refractivity contribution in [3.05, 3.63) is 69.9 Å². The summed E-state index contributed by atoms with van der Waals surface area (Å²) >= 11 is 6.12. The van der Waals surface area contributed by atoms with Gasteiger partial charge in [0.2, 0.25) is 0 Å². The van der Waals surface area contributed by atoms with E-state index in [-0.39, 0.29) is 0 Å². The van der Waals surface area contributed by atoms with Crippen molar-refractivity contribution in [2.24, 2.45) is 0 Å². The normalized spacial score (nSPS) is 16.6. The summed E-state index contributed by atoms with van der Waals surface area (Å²) in [4.78, 5) is 17.0. The largest absolute Gasteiger partial charge is 0.453 e. The SMILES string of the molecule is COC(=O)N1CCc2c([nH]c3ccc(Cl)cc23)C1c1cc(F)cc(F)c1. The highest BCUT2D eigenvalue weighted by Crippen LogP contribution is 2.39. The van der Waals surface area contributed by atoms with Gasteiger partial charge in [0.25, 0.3) is 0 Å². The zero-order valence-corrected chi connectivity index (χ0v) is 14.6. The van der Waals surface area contributed by atoms with Crippen LogP contribution in [-0.4, -0.2) is 29.6 Å². The van der Waals surface area contributed by atoms with E-state index < -0.39 is 23.8 Å². The molecule has 134 valence electrons. The number of rotatable bonds is 1. The van der Waals surface area contributed by atoms with Crippen molar-refractivity contribution in [2.75, 3.05) is 13.7 Å². The van der Waals surface area contributed by atoms with Crippen molar-refractivity contribution in [2.45, 2.75) is 12.5 Å². The number of benzene rings is 2. The third kappa shape index (κ3) is 2.70. The molecule has 0 saturated heterocycles. The summed E-state index contributed by atoms with van der Waals surface area (Å²) in [5.41, 5.74) is 2.89. The molecule has 0 spiro atoms. The molecule has 3 aromatic rings. The van der Waals surface area contributed by atoms with Gasteiger partial charge in [-0.2, -0.15) is 0 Å². The number of methoxy groups -OCH3 is 1. The number of carbonyl (C=O) groups excluding carboxylic acids is 1. The summed E-state index contributed by atoms with van der Waals surface area (Å²) in [5, 5.41) is 1.54. The zero-order chi connectivity index (χ0) is 18.4. The van der Waals surface area contributed by atoms with Gasteiger partial charge in [-0.1, -0.05) is 11.6 Å². The lowest BCUT2D eigenvalue weighted by Gasteiger charge is -2.35. The molecule has 1 aromatic heterocycles. The van der Waals surface area contributed by atoms with Gasteiger partial charge in [-0.15, -0.1) is 0 Å². The number of H-pyrrole nitrogens is 1. The first-order chi connectivity index (χ1) is 12.5. The van der Waals surface area contributed by atoms with E-state index >= 15 is 0 Å². The van der Waals surface area contributed by atoms with E-state index in [2.05, 4.69) is 4.98 Å². The third-order valence-electron chi connectivity index (χ3n) is 4.70. The van der Waals surface area contributed by atoms with E-state index in [4.69, 9.17) is 16.3 Å². The number of nitrogens with zero attached hydrogens (tertiary/aromatic N) is 1. The molecule has 7 heteroatoms. The maximum absolute atomic E-state index is 13.8. The summed E-state index contributed by atoms with van der Waals surface area (Å²) in [7, 11) is 1.28. The highest BCUT2D eigenvalue weighted by Gasteiger charge is 2.35. The van der Waals surface area contributed by atoms with Gasteiger partial charge in [-0.25, -0.2) is 13.6 Å². The zero-order valence-electron chi connectivity index (χ0n) is 13.9. The van der Waals surface area contributed by atoms with E-state index in [9.17, 15) is 13.6 Å². The highest BCUT2D eigenvalue weighted by molar-refractivity contribution is 6.31. The van der Waals surface area contributed by atoms with Gasteiger partial charge < -0.3 is 9.72 Å². The van der Waals surface area contributed by atoms with Crippen LogP contribution in [0.25, 0.3) is 10.9 Å². The minimum atomic E-state index is -0.698. The van der Waals surface area contributed by atoms with E-state index in [1.807, 2.05) is 12.1 Å². The van der Waals surface area contributed by atoms with Crippen molar-refractivity contribution < 1.29 is 18.3 Å². The summed E-state index contributed by atoms with van der Waals surface area (Å²) in [6.45, 7) is 0.363. The molecule has 2 heterocycles. The van der Waals surface area contributed by atoms with Gasteiger partial charge in [-0.3, -0.25) is 4.90 Å². The average Bonchev–Trinajstić information content (AvgIpc) is 2.97. The fourth-order valence-corrected chi connectivity index (χ4v) is 3.83. The van der Waals surface area contributed by atoms with Gasteiger partial charge >= 0.3 is 6.09 Å². The lowest BCUT2D eigenvalue weighted by Crippen LogP contribution is -2.40. The van der Waals surface area contributed by atoms with Crippen LogP contribution in [0.1, 0.15) is 22.9 Å². The molecule has 0 bridgehead atoms. The van der Waals surface area contributed by atoms with Crippen LogP contribution in [0.4, 0.5) is 13.6 Å². The lowest BCUT2D eigenvalue weighted by atomic mass is 9.92. The van der Waals surface area contributed by atoms with Crippen LogP contribution in [0.15, 0.2) is 36.4 Å². The van der Waals surface area contributed by atoms with Gasteiger partial charge in [0.1, 0.15) is 17.7 Å². The molecule has 1 atom stereocenters. The molecule has 0 saturated carbocycles. The predicted octanol–water partition coefficient (Wildman–Crippen LogP) is 4.81. The molecule has 1 amide bonds. The van der Waals surface area contributed by atoms with Crippen LogP contribution < -0.4 is 0 Å². The number of aromatic amines is 1. The number of hydrogen-bond donors (Lipinski definition) is 1. The monoisotopic (exact) mass is 376 g/mol. The van der Waals surface area contributed by atoms with Gasteiger partial charge in [0.05, 0.1) is 7.11 Å². The summed E-state index contributed by atoms with van der Waals surface area (Å²) in [6, 6.07) is 8.06. The van der Waals surface area contributed by atoms with Crippen LogP contribution in [0.3, 0.4) is 0 Å². The molecule has 1 N–H and O–H groups in total. The highest BCUT2D eigenvalue weighted by atomic mass is 35.5. The van der Waals surface area contributed by atoms with E-state index in [1.54, 1.807) is 6.07 Å². The Balaban J connectivity index is 1.95. The number of aromatic nitrogens is 1.